The maximum atomic E-state index is 7.02. The topological polar surface area (TPSA) is 48.6 Å². The Bertz CT molecular complexity index is 2580. The molecule has 3 aliphatic rings. The summed E-state index contributed by atoms with van der Waals surface area (Å²) in [6, 6.07) is 30.1. The number of rotatable bonds is 6. The summed E-state index contributed by atoms with van der Waals surface area (Å²) >= 11 is 0. The third kappa shape index (κ3) is 6.39. The van der Waals surface area contributed by atoms with E-state index in [4.69, 9.17) is 19.5 Å². The quantitative estimate of drug-likeness (QED) is 0.156. The van der Waals surface area contributed by atoms with E-state index < -0.39 is 0 Å². The second-order valence-corrected chi connectivity index (χ2v) is 19.0. The summed E-state index contributed by atoms with van der Waals surface area (Å²) in [5.74, 6) is 3.60. The summed E-state index contributed by atoms with van der Waals surface area (Å²) in [7, 11) is 0. The first-order chi connectivity index (χ1) is 26.5. The number of aromatic nitrogens is 2. The Balaban J connectivity index is 0.00000455. The first-order valence-electron chi connectivity index (χ1n) is 20.7. The fraction of sp³-hybridized carbons (Fsp3) is 0.412. The molecule has 6 heteroatoms. The molecule has 0 N–H and O–H groups in total. The van der Waals surface area contributed by atoms with Gasteiger partial charge in [-0.2, -0.15) is 6.07 Å². The van der Waals surface area contributed by atoms with Crippen LogP contribution in [0.15, 0.2) is 71.9 Å². The van der Waals surface area contributed by atoms with Gasteiger partial charge >= 0.3 is 21.1 Å². The Morgan fingerprint density at radius 1 is 0.877 bits per heavy atom. The fourth-order valence-electron chi connectivity index (χ4n) is 9.60. The number of nitrogens with zero attached hydrogens (tertiary/aromatic N) is 3. The van der Waals surface area contributed by atoms with E-state index in [1.165, 1.54) is 50.7 Å². The van der Waals surface area contributed by atoms with E-state index in [2.05, 4.69) is 154 Å². The monoisotopic (exact) mass is 936 g/mol. The molecule has 1 aliphatic carbocycles. The van der Waals surface area contributed by atoms with E-state index in [1.54, 1.807) is 0 Å². The van der Waals surface area contributed by atoms with Gasteiger partial charge in [0.15, 0.2) is 0 Å². The van der Waals surface area contributed by atoms with Crippen LogP contribution in [0.25, 0.3) is 38.8 Å². The number of aliphatic imine (C=N–C) groups is 1. The summed E-state index contributed by atoms with van der Waals surface area (Å²) in [6.45, 7) is 25.0. The molecule has 0 spiro atoms. The Morgan fingerprint density at radius 2 is 1.61 bits per heavy atom. The van der Waals surface area contributed by atoms with E-state index in [-0.39, 0.29) is 43.5 Å². The van der Waals surface area contributed by atoms with Crippen LogP contribution in [0.5, 0.6) is 11.5 Å². The van der Waals surface area contributed by atoms with Crippen molar-refractivity contribution in [3.63, 3.8) is 0 Å². The molecular formula is C51H55N3O2Pt. The van der Waals surface area contributed by atoms with Crippen molar-refractivity contribution in [3.05, 3.63) is 118 Å². The Morgan fingerprint density at radius 3 is 2.30 bits per heavy atom. The molecule has 0 bridgehead atoms. The first-order valence-corrected chi connectivity index (χ1v) is 20.7. The minimum atomic E-state index is -0.282. The second kappa shape index (κ2) is 14.0. The molecule has 1 saturated carbocycles. The van der Waals surface area contributed by atoms with Crippen molar-refractivity contribution in [2.24, 2.45) is 4.99 Å². The third-order valence-corrected chi connectivity index (χ3v) is 12.9. The molecule has 2 aromatic heterocycles. The van der Waals surface area contributed by atoms with E-state index >= 15 is 0 Å². The predicted molar refractivity (Wildman–Crippen MR) is 230 cm³/mol. The normalized spacial score (nSPS) is 19.7. The molecule has 5 nitrogen and oxygen atoms in total. The Labute approximate surface area is 353 Å². The zero-order valence-electron chi connectivity index (χ0n) is 35.4. The van der Waals surface area contributed by atoms with Crippen molar-refractivity contribution >= 4 is 27.7 Å². The summed E-state index contributed by atoms with van der Waals surface area (Å²) in [5.41, 5.74) is 12.3. The third-order valence-electron chi connectivity index (χ3n) is 12.9. The molecule has 57 heavy (non-hydrogen) atoms. The maximum Gasteiger partial charge on any atom is 2.00 e. The molecule has 0 amide bonds. The second-order valence-electron chi connectivity index (χ2n) is 19.0. The van der Waals surface area contributed by atoms with E-state index in [0.717, 1.165) is 52.7 Å². The smallest absolute Gasteiger partial charge is 0.512 e. The van der Waals surface area contributed by atoms with Gasteiger partial charge in [-0.1, -0.05) is 141 Å². The van der Waals surface area contributed by atoms with Crippen molar-refractivity contribution in [2.75, 3.05) is 0 Å². The van der Waals surface area contributed by atoms with Crippen LogP contribution in [0.1, 0.15) is 146 Å². The van der Waals surface area contributed by atoms with Gasteiger partial charge in [-0.25, -0.2) is 4.98 Å². The van der Waals surface area contributed by atoms with Gasteiger partial charge in [-0.3, -0.25) is 4.99 Å². The van der Waals surface area contributed by atoms with Crippen molar-refractivity contribution in [3.8, 4) is 28.4 Å². The van der Waals surface area contributed by atoms with Crippen LogP contribution < -0.4 is 4.74 Å². The molecule has 4 aromatic carbocycles. The van der Waals surface area contributed by atoms with E-state index in [9.17, 15) is 0 Å². The van der Waals surface area contributed by atoms with Gasteiger partial charge in [0, 0.05) is 34.2 Å². The zero-order chi connectivity index (χ0) is 39.5. The Kier molecular flexibility index (Phi) is 9.71. The number of hydrogen-bond donors (Lipinski definition) is 0. The number of fused-ring (bicyclic) bond motifs is 6. The van der Waals surface area contributed by atoms with Crippen molar-refractivity contribution in [2.45, 2.75) is 136 Å². The van der Waals surface area contributed by atoms with Crippen molar-refractivity contribution in [1.29, 1.82) is 0 Å². The molecule has 1 fully saturated rings. The van der Waals surface area contributed by atoms with Gasteiger partial charge in [-0.15, -0.1) is 23.1 Å². The maximum absolute atomic E-state index is 7.02. The number of pyridine rings is 1. The predicted octanol–water partition coefficient (Wildman–Crippen LogP) is 13.2. The van der Waals surface area contributed by atoms with Gasteiger partial charge < -0.3 is 14.0 Å². The van der Waals surface area contributed by atoms with E-state index in [0.29, 0.717) is 29.2 Å². The molecule has 4 heterocycles. The number of benzene rings is 4. The van der Waals surface area contributed by atoms with Crippen LogP contribution in [-0.4, -0.2) is 27.1 Å². The molecule has 0 saturated heterocycles. The van der Waals surface area contributed by atoms with Crippen LogP contribution in [0.2, 0.25) is 0 Å². The van der Waals surface area contributed by atoms with E-state index in [1.807, 2.05) is 6.20 Å². The molecule has 9 rings (SSSR count). The summed E-state index contributed by atoms with van der Waals surface area (Å²) in [4.78, 5) is 10.2. The molecule has 2 atom stereocenters. The van der Waals surface area contributed by atoms with Crippen LogP contribution in [0.4, 0.5) is 0 Å². The summed E-state index contributed by atoms with van der Waals surface area (Å²) in [5, 5.41) is 2.38. The zero-order valence-corrected chi connectivity index (χ0v) is 37.7. The summed E-state index contributed by atoms with van der Waals surface area (Å²) < 4.78 is 16.1. The molecule has 6 aromatic rings. The van der Waals surface area contributed by atoms with Gasteiger partial charge in [-0.05, 0) is 82.7 Å². The average molecular weight is 937 g/mol. The van der Waals surface area contributed by atoms with Gasteiger partial charge in [0.2, 0.25) is 0 Å². The van der Waals surface area contributed by atoms with Crippen LogP contribution in [0.3, 0.4) is 0 Å². The van der Waals surface area contributed by atoms with Gasteiger partial charge in [0.05, 0.1) is 6.04 Å². The molecule has 0 radical (unpaired) electrons. The summed E-state index contributed by atoms with van der Waals surface area (Å²) in [6.07, 6.45) is 6.31. The SMILES string of the molecule is Cc1cc2c3cc(C(C)(C)C)cc4c3n(c2[c-]c1Oc1[c-]c(C2=N[C@@H]3CCCC[C@]3(C)O2)cc(-c2c(C(C)C)cccc2C(C)C)c1)-c1ncccc1C4(C)C.[Pt+2]. The standard InChI is InChI=1S/C51H55N3O2.Pt/c1-29(2)36-16-14-17-37(30(3)4)45(36)32-23-33(48-53-44-19-12-13-20-51(44,11)56-48)25-35(24-32)55-43-28-42-38(22-31(43)5)39-26-34(49(6,7)8)27-41-46(39)54(42)47-40(50(41,9)10)18-15-21-52-47;/h14-18,21-24,26-27,29-30,44H,12-13,19-20H2,1-11H3;/q-2;+2/t44-,51+;/m1./s1. The van der Waals surface area contributed by atoms with Gasteiger partial charge in [0.1, 0.15) is 17.3 Å². The van der Waals surface area contributed by atoms with Crippen LogP contribution in [-0.2, 0) is 36.6 Å². The van der Waals surface area contributed by atoms with Crippen LogP contribution >= 0.6 is 0 Å². The van der Waals surface area contributed by atoms with Crippen LogP contribution in [0, 0.1) is 19.1 Å². The number of hydrogen-bond acceptors (Lipinski definition) is 4. The molecule has 0 unspecified atom stereocenters. The van der Waals surface area contributed by atoms with Gasteiger partial charge in [0.25, 0.3) is 0 Å². The first kappa shape index (κ1) is 39.6. The average Bonchev–Trinajstić information content (AvgIpc) is 3.67. The fourth-order valence-corrected chi connectivity index (χ4v) is 9.60. The van der Waals surface area contributed by atoms with Crippen molar-refractivity contribution in [1.82, 2.24) is 9.55 Å². The number of aryl methyl sites for hydroxylation is 1. The number of ether oxygens (including phenoxy) is 2. The van der Waals surface area contributed by atoms with Crippen molar-refractivity contribution < 1.29 is 30.5 Å². The molecule has 296 valence electrons. The largest absolute Gasteiger partial charge is 2.00 e. The molecular weight excluding hydrogens is 882 g/mol. The minimum absolute atomic E-state index is 0. The molecule has 2 aliphatic heterocycles. The Hall–Kier alpha value is -4.21. The minimum Gasteiger partial charge on any atom is -0.512 e.